The Labute approximate surface area is 141 Å². The summed E-state index contributed by atoms with van der Waals surface area (Å²) in [4.78, 5) is 12.8. The fourth-order valence-corrected chi connectivity index (χ4v) is 2.66. The van der Waals surface area contributed by atoms with Crippen LogP contribution in [-0.2, 0) is 0 Å². The minimum absolute atomic E-state index is 0.0722. The highest BCUT2D eigenvalue weighted by atomic mass is 16.5. The van der Waals surface area contributed by atoms with Crippen molar-refractivity contribution in [3.63, 3.8) is 0 Å². The molecule has 2 aromatic carbocycles. The van der Waals surface area contributed by atoms with Gasteiger partial charge < -0.3 is 14.2 Å². The quantitative estimate of drug-likeness (QED) is 0.794. The molecule has 0 saturated carbocycles. The van der Waals surface area contributed by atoms with Gasteiger partial charge in [0.05, 0.1) is 14.2 Å². The molecule has 0 spiro atoms. The summed E-state index contributed by atoms with van der Waals surface area (Å²) in [5.41, 5.74) is 1.73. The van der Waals surface area contributed by atoms with Crippen LogP contribution in [0.2, 0.25) is 0 Å². The van der Waals surface area contributed by atoms with E-state index in [0.29, 0.717) is 22.6 Å². The maximum Gasteiger partial charge on any atom is 0.193 e. The predicted octanol–water partition coefficient (Wildman–Crippen LogP) is 4.12. The van der Waals surface area contributed by atoms with Crippen molar-refractivity contribution in [1.29, 1.82) is 0 Å². The van der Waals surface area contributed by atoms with Crippen LogP contribution in [0.5, 0.6) is 17.2 Å². The first kappa shape index (κ1) is 16.1. The zero-order chi connectivity index (χ0) is 17.3. The number of methoxy groups -OCH3 is 2. The number of carbonyl (C=O) groups excluding carboxylic acids is 1. The van der Waals surface area contributed by atoms with Crippen molar-refractivity contribution in [3.8, 4) is 17.2 Å². The van der Waals surface area contributed by atoms with Crippen LogP contribution in [0.1, 0.15) is 35.3 Å². The second kappa shape index (κ2) is 6.04. The van der Waals surface area contributed by atoms with Crippen LogP contribution in [0.25, 0.3) is 6.08 Å². The van der Waals surface area contributed by atoms with Crippen molar-refractivity contribution in [3.05, 3.63) is 59.2 Å². The van der Waals surface area contributed by atoms with Gasteiger partial charge in [0.2, 0.25) is 0 Å². The lowest BCUT2D eigenvalue weighted by molar-refractivity contribution is 0.103. The maximum absolute atomic E-state index is 12.8. The van der Waals surface area contributed by atoms with Crippen LogP contribution in [0.4, 0.5) is 0 Å². The van der Waals surface area contributed by atoms with Crippen molar-refractivity contribution in [2.24, 2.45) is 0 Å². The molecule has 0 radical (unpaired) electrons. The summed E-state index contributed by atoms with van der Waals surface area (Å²) < 4.78 is 16.4. The Morgan fingerprint density at radius 3 is 2.33 bits per heavy atom. The normalized spacial score (nSPS) is 14.5. The van der Waals surface area contributed by atoms with Crippen molar-refractivity contribution in [1.82, 2.24) is 0 Å². The van der Waals surface area contributed by atoms with E-state index in [1.165, 1.54) is 0 Å². The van der Waals surface area contributed by atoms with E-state index in [-0.39, 0.29) is 11.4 Å². The molecule has 0 atom stereocenters. The second-order valence-corrected chi connectivity index (χ2v) is 6.19. The van der Waals surface area contributed by atoms with Crippen LogP contribution in [0, 0.1) is 0 Å². The van der Waals surface area contributed by atoms with E-state index in [1.807, 2.05) is 38.1 Å². The van der Waals surface area contributed by atoms with Crippen molar-refractivity contribution >= 4 is 11.9 Å². The second-order valence-electron chi connectivity index (χ2n) is 6.19. The summed E-state index contributed by atoms with van der Waals surface area (Å²) in [5.74, 6) is 1.84. The first-order valence-corrected chi connectivity index (χ1v) is 7.72. The minimum Gasteiger partial charge on any atom is -0.493 e. The van der Waals surface area contributed by atoms with E-state index in [9.17, 15) is 4.79 Å². The molecule has 0 bridgehead atoms. The van der Waals surface area contributed by atoms with Gasteiger partial charge in [-0.1, -0.05) is 6.08 Å². The van der Waals surface area contributed by atoms with Gasteiger partial charge in [0.1, 0.15) is 11.4 Å². The molecule has 0 fully saturated rings. The molecule has 4 heteroatoms. The third kappa shape index (κ3) is 3.00. The van der Waals surface area contributed by atoms with Gasteiger partial charge >= 0.3 is 0 Å². The first-order valence-electron chi connectivity index (χ1n) is 7.72. The predicted molar refractivity (Wildman–Crippen MR) is 93.2 cm³/mol. The number of rotatable bonds is 4. The number of hydrogen-bond acceptors (Lipinski definition) is 4. The largest absolute Gasteiger partial charge is 0.493 e. The third-order valence-corrected chi connectivity index (χ3v) is 3.95. The molecule has 1 aliphatic heterocycles. The fourth-order valence-electron chi connectivity index (χ4n) is 2.66. The third-order valence-electron chi connectivity index (χ3n) is 3.95. The monoisotopic (exact) mass is 324 g/mol. The Kier molecular flexibility index (Phi) is 4.06. The van der Waals surface area contributed by atoms with E-state index in [4.69, 9.17) is 14.2 Å². The number of ketones is 1. The average Bonchev–Trinajstić information content (AvgIpc) is 2.59. The fraction of sp³-hybridized carbons (Fsp3) is 0.250. The number of fused-ring (bicyclic) bond motifs is 1. The number of hydrogen-bond donors (Lipinski definition) is 0. The molecule has 0 unspecified atom stereocenters. The maximum atomic E-state index is 12.8. The van der Waals surface area contributed by atoms with Gasteiger partial charge in [-0.25, -0.2) is 0 Å². The zero-order valence-electron chi connectivity index (χ0n) is 14.3. The van der Waals surface area contributed by atoms with Crippen LogP contribution in [-0.4, -0.2) is 25.6 Å². The Bertz CT molecular complexity index is 818. The molecule has 3 rings (SSSR count). The van der Waals surface area contributed by atoms with Gasteiger partial charge in [0.15, 0.2) is 17.3 Å². The van der Waals surface area contributed by atoms with E-state index >= 15 is 0 Å². The highest BCUT2D eigenvalue weighted by Crippen LogP contribution is 2.33. The summed E-state index contributed by atoms with van der Waals surface area (Å²) in [6, 6.07) is 10.6. The van der Waals surface area contributed by atoms with E-state index < -0.39 is 0 Å². The lowest BCUT2D eigenvalue weighted by atomic mass is 9.97. The Hall–Kier alpha value is -2.75. The Balaban J connectivity index is 1.94. The zero-order valence-corrected chi connectivity index (χ0v) is 14.3. The summed E-state index contributed by atoms with van der Waals surface area (Å²) in [7, 11) is 3.12. The molecule has 0 N–H and O–H groups in total. The van der Waals surface area contributed by atoms with Crippen LogP contribution >= 0.6 is 0 Å². The summed E-state index contributed by atoms with van der Waals surface area (Å²) in [6.07, 6.45) is 3.98. The molecule has 0 aromatic heterocycles. The first-order chi connectivity index (χ1) is 11.4. The van der Waals surface area contributed by atoms with Crippen molar-refractivity contribution < 1.29 is 19.0 Å². The topological polar surface area (TPSA) is 44.8 Å². The van der Waals surface area contributed by atoms with Crippen LogP contribution in [0.15, 0.2) is 42.5 Å². The highest BCUT2D eigenvalue weighted by molar-refractivity contribution is 6.09. The number of benzene rings is 2. The van der Waals surface area contributed by atoms with Crippen LogP contribution < -0.4 is 14.2 Å². The molecule has 1 aliphatic rings. The Morgan fingerprint density at radius 2 is 1.62 bits per heavy atom. The Morgan fingerprint density at radius 1 is 0.958 bits per heavy atom. The minimum atomic E-state index is -0.331. The molecule has 124 valence electrons. The molecule has 0 aliphatic carbocycles. The van der Waals surface area contributed by atoms with Gasteiger partial charge in [0.25, 0.3) is 0 Å². The SMILES string of the molecule is COc1ccc(C(=O)c2ccc3c(c2)C=CC(C)(C)O3)cc1OC. The molecule has 2 aromatic rings. The van der Waals surface area contributed by atoms with Gasteiger partial charge in [-0.2, -0.15) is 0 Å². The van der Waals surface area contributed by atoms with Crippen molar-refractivity contribution in [2.45, 2.75) is 19.4 Å². The molecule has 1 heterocycles. The standard InChI is InChI=1S/C20H20O4/c1-20(2)10-9-13-11-14(5-7-16(13)24-20)19(21)15-6-8-17(22-3)18(12-15)23-4/h5-12H,1-4H3. The lowest BCUT2D eigenvalue weighted by Crippen LogP contribution is -2.27. The highest BCUT2D eigenvalue weighted by Gasteiger charge is 2.22. The number of ether oxygens (including phenoxy) is 3. The molecule has 0 amide bonds. The van der Waals surface area contributed by atoms with E-state index in [2.05, 4.69) is 0 Å². The van der Waals surface area contributed by atoms with Gasteiger partial charge in [-0.15, -0.1) is 0 Å². The smallest absolute Gasteiger partial charge is 0.193 e. The molecule has 24 heavy (non-hydrogen) atoms. The molecule has 0 saturated heterocycles. The summed E-state index contributed by atoms with van der Waals surface area (Å²) in [6.45, 7) is 3.99. The molecular formula is C20H20O4. The van der Waals surface area contributed by atoms with E-state index in [1.54, 1.807) is 38.5 Å². The summed E-state index contributed by atoms with van der Waals surface area (Å²) >= 11 is 0. The van der Waals surface area contributed by atoms with Crippen LogP contribution in [0.3, 0.4) is 0 Å². The van der Waals surface area contributed by atoms with Gasteiger partial charge in [0, 0.05) is 16.7 Å². The summed E-state index contributed by atoms with van der Waals surface area (Å²) in [5, 5.41) is 0. The van der Waals surface area contributed by atoms with Gasteiger partial charge in [-0.05, 0) is 56.3 Å². The molecular weight excluding hydrogens is 304 g/mol. The average molecular weight is 324 g/mol. The molecule has 4 nitrogen and oxygen atoms in total. The van der Waals surface area contributed by atoms with E-state index in [0.717, 1.165) is 11.3 Å². The van der Waals surface area contributed by atoms with Crippen molar-refractivity contribution in [2.75, 3.05) is 14.2 Å². The lowest BCUT2D eigenvalue weighted by Gasteiger charge is -2.27. The number of carbonyl (C=O) groups is 1. The van der Waals surface area contributed by atoms with Gasteiger partial charge in [-0.3, -0.25) is 4.79 Å².